The molecule has 0 radical (unpaired) electrons. The molecule has 2 aromatic rings. The molecule has 0 aliphatic carbocycles. The highest BCUT2D eigenvalue weighted by Crippen LogP contribution is 2.22. The second kappa shape index (κ2) is 6.57. The number of benzene rings is 1. The van der Waals surface area contributed by atoms with Gasteiger partial charge in [0.25, 0.3) is 5.56 Å². The Bertz CT molecular complexity index is 762. The third-order valence-electron chi connectivity index (χ3n) is 2.96. The number of aromatic nitrogens is 2. The topological polar surface area (TPSA) is 44.1 Å². The van der Waals surface area contributed by atoms with Crippen molar-refractivity contribution >= 4 is 10.9 Å². The summed E-state index contributed by atoms with van der Waals surface area (Å²) in [5.41, 5.74) is -0.812. The van der Waals surface area contributed by atoms with Gasteiger partial charge in [-0.3, -0.25) is 9.36 Å². The van der Waals surface area contributed by atoms with Gasteiger partial charge < -0.3 is 4.74 Å². The van der Waals surface area contributed by atoms with Crippen molar-refractivity contribution in [2.45, 2.75) is 18.9 Å². The Morgan fingerprint density at radius 1 is 1.22 bits per heavy atom. The number of rotatable bonds is 6. The van der Waals surface area contributed by atoms with Gasteiger partial charge in [0.05, 0.1) is 30.4 Å². The van der Waals surface area contributed by atoms with Crippen LogP contribution in [0.4, 0.5) is 26.3 Å². The molecule has 0 atom stereocenters. The lowest BCUT2D eigenvalue weighted by atomic mass is 10.2. The van der Waals surface area contributed by atoms with E-state index >= 15 is 0 Å². The molecule has 4 nitrogen and oxygen atoms in total. The molecule has 1 heterocycles. The van der Waals surface area contributed by atoms with E-state index in [0.29, 0.717) is 6.07 Å². The van der Waals surface area contributed by atoms with Gasteiger partial charge >= 0.3 is 12.3 Å². The van der Waals surface area contributed by atoms with Crippen LogP contribution in [0.1, 0.15) is 0 Å². The molecule has 1 aromatic heterocycles. The van der Waals surface area contributed by atoms with Crippen molar-refractivity contribution < 1.29 is 31.1 Å². The van der Waals surface area contributed by atoms with Crippen LogP contribution in [-0.2, 0) is 11.3 Å². The SMILES string of the molecule is O=c1c2cc(F)c(F)cc2ncn1CCOCC(F)(F)C(F)F. The minimum absolute atomic E-state index is 0.0738. The highest BCUT2D eigenvalue weighted by atomic mass is 19.3. The molecule has 0 amide bonds. The fourth-order valence-corrected chi connectivity index (χ4v) is 1.75. The average molecular weight is 340 g/mol. The molecular formula is C13H10F6N2O2. The maximum absolute atomic E-state index is 13.1. The zero-order valence-electron chi connectivity index (χ0n) is 11.4. The Kier molecular flexibility index (Phi) is 4.93. The van der Waals surface area contributed by atoms with Crippen molar-refractivity contribution in [3.63, 3.8) is 0 Å². The van der Waals surface area contributed by atoms with Crippen LogP contribution < -0.4 is 5.56 Å². The predicted molar refractivity (Wildman–Crippen MR) is 67.7 cm³/mol. The van der Waals surface area contributed by atoms with Crippen LogP contribution >= 0.6 is 0 Å². The first kappa shape index (κ1) is 17.3. The molecular weight excluding hydrogens is 330 g/mol. The lowest BCUT2D eigenvalue weighted by Crippen LogP contribution is -2.33. The van der Waals surface area contributed by atoms with Crippen LogP contribution in [0, 0.1) is 11.6 Å². The number of hydrogen-bond donors (Lipinski definition) is 0. The van der Waals surface area contributed by atoms with E-state index < -0.39 is 42.8 Å². The maximum Gasteiger partial charge on any atom is 0.330 e. The molecule has 10 heteroatoms. The van der Waals surface area contributed by atoms with Crippen LogP contribution in [-0.4, -0.2) is 35.1 Å². The summed E-state index contributed by atoms with van der Waals surface area (Å²) in [5, 5.41) is -0.204. The average Bonchev–Trinajstić information content (AvgIpc) is 2.47. The first-order valence-electron chi connectivity index (χ1n) is 6.30. The van der Waals surface area contributed by atoms with Crippen molar-refractivity contribution in [1.29, 1.82) is 0 Å². The fraction of sp³-hybridized carbons (Fsp3) is 0.385. The van der Waals surface area contributed by atoms with E-state index in [0.717, 1.165) is 17.0 Å². The van der Waals surface area contributed by atoms with Gasteiger partial charge in [-0.15, -0.1) is 0 Å². The molecule has 0 bridgehead atoms. The predicted octanol–water partition coefficient (Wildman–Crippen LogP) is 2.59. The van der Waals surface area contributed by atoms with E-state index in [9.17, 15) is 31.1 Å². The van der Waals surface area contributed by atoms with Crippen molar-refractivity contribution in [2.75, 3.05) is 13.2 Å². The molecule has 0 saturated heterocycles. The Morgan fingerprint density at radius 3 is 2.52 bits per heavy atom. The Labute approximate surface area is 125 Å². The van der Waals surface area contributed by atoms with Gasteiger partial charge in [0.2, 0.25) is 0 Å². The molecule has 0 N–H and O–H groups in total. The molecule has 126 valence electrons. The van der Waals surface area contributed by atoms with Crippen LogP contribution in [0.2, 0.25) is 0 Å². The summed E-state index contributed by atoms with van der Waals surface area (Å²) in [6.45, 7) is -2.22. The fourth-order valence-electron chi connectivity index (χ4n) is 1.75. The van der Waals surface area contributed by atoms with Crippen LogP contribution in [0.25, 0.3) is 10.9 Å². The van der Waals surface area contributed by atoms with Gasteiger partial charge in [-0.05, 0) is 6.07 Å². The second-order valence-corrected chi connectivity index (χ2v) is 4.64. The summed E-state index contributed by atoms with van der Waals surface area (Å²) < 4.78 is 80.6. The molecule has 23 heavy (non-hydrogen) atoms. The quantitative estimate of drug-likeness (QED) is 0.600. The Morgan fingerprint density at radius 2 is 1.87 bits per heavy atom. The van der Waals surface area contributed by atoms with Gasteiger partial charge in [0.15, 0.2) is 11.6 Å². The van der Waals surface area contributed by atoms with E-state index in [1.54, 1.807) is 0 Å². The smallest absolute Gasteiger partial charge is 0.330 e. The van der Waals surface area contributed by atoms with Gasteiger partial charge in [-0.25, -0.2) is 22.5 Å². The van der Waals surface area contributed by atoms with Gasteiger partial charge in [-0.2, -0.15) is 8.78 Å². The van der Waals surface area contributed by atoms with Gasteiger partial charge in [0, 0.05) is 6.07 Å². The van der Waals surface area contributed by atoms with E-state index in [4.69, 9.17) is 0 Å². The zero-order chi connectivity index (χ0) is 17.2. The van der Waals surface area contributed by atoms with Crippen LogP contribution in [0.5, 0.6) is 0 Å². The van der Waals surface area contributed by atoms with Crippen molar-refractivity contribution in [1.82, 2.24) is 9.55 Å². The molecule has 0 unspecified atom stereocenters. The van der Waals surface area contributed by atoms with Gasteiger partial charge in [-0.1, -0.05) is 0 Å². The van der Waals surface area contributed by atoms with Crippen molar-refractivity contribution in [3.05, 3.63) is 40.4 Å². The third kappa shape index (κ3) is 3.81. The first-order chi connectivity index (χ1) is 10.7. The largest absolute Gasteiger partial charge is 0.373 e. The molecule has 1 aromatic carbocycles. The molecule has 0 spiro atoms. The highest BCUT2D eigenvalue weighted by Gasteiger charge is 2.40. The maximum atomic E-state index is 13.1. The summed E-state index contributed by atoms with van der Waals surface area (Å²) in [5.74, 6) is -6.69. The molecule has 0 fully saturated rings. The number of alkyl halides is 4. The Balaban J connectivity index is 2.08. The standard InChI is InChI=1S/C13H10F6N2O2/c14-8-3-7-10(4-9(8)15)20-6-21(11(7)22)1-2-23-5-13(18,19)12(16)17/h3-4,6,12H,1-2,5H2. The lowest BCUT2D eigenvalue weighted by Gasteiger charge is -2.15. The summed E-state index contributed by atoms with van der Waals surface area (Å²) in [4.78, 5) is 15.7. The summed E-state index contributed by atoms with van der Waals surface area (Å²) in [7, 11) is 0. The number of fused-ring (bicyclic) bond motifs is 1. The summed E-state index contributed by atoms with van der Waals surface area (Å²) in [6.07, 6.45) is -2.86. The zero-order valence-corrected chi connectivity index (χ0v) is 11.4. The molecule has 0 saturated carbocycles. The van der Waals surface area contributed by atoms with E-state index in [-0.39, 0.29) is 17.4 Å². The number of halogens is 6. The van der Waals surface area contributed by atoms with E-state index in [1.807, 2.05) is 0 Å². The van der Waals surface area contributed by atoms with Crippen LogP contribution in [0.15, 0.2) is 23.3 Å². The highest BCUT2D eigenvalue weighted by molar-refractivity contribution is 5.77. The minimum atomic E-state index is -4.28. The third-order valence-corrected chi connectivity index (χ3v) is 2.96. The second-order valence-electron chi connectivity index (χ2n) is 4.64. The lowest BCUT2D eigenvalue weighted by molar-refractivity contribution is -0.166. The van der Waals surface area contributed by atoms with Crippen molar-refractivity contribution in [2.24, 2.45) is 0 Å². The number of hydrogen-bond acceptors (Lipinski definition) is 3. The first-order valence-corrected chi connectivity index (χ1v) is 6.30. The molecule has 0 aliphatic rings. The Hall–Kier alpha value is -2.10. The van der Waals surface area contributed by atoms with Crippen LogP contribution in [0.3, 0.4) is 0 Å². The summed E-state index contributed by atoms with van der Waals surface area (Å²) >= 11 is 0. The normalized spacial score (nSPS) is 12.3. The number of nitrogens with zero attached hydrogens (tertiary/aromatic N) is 2. The minimum Gasteiger partial charge on any atom is -0.373 e. The number of ether oxygens (including phenoxy) is 1. The molecule has 2 rings (SSSR count). The van der Waals surface area contributed by atoms with E-state index in [2.05, 4.69) is 9.72 Å². The summed E-state index contributed by atoms with van der Waals surface area (Å²) in [6, 6.07) is 1.42. The monoisotopic (exact) mass is 340 g/mol. The van der Waals surface area contributed by atoms with E-state index in [1.165, 1.54) is 0 Å². The van der Waals surface area contributed by atoms with Crippen molar-refractivity contribution in [3.8, 4) is 0 Å². The van der Waals surface area contributed by atoms with Gasteiger partial charge in [0.1, 0.15) is 6.61 Å². The molecule has 0 aliphatic heterocycles.